The molecule has 5 heteroatoms. The highest BCUT2D eigenvalue weighted by Crippen LogP contribution is 2.27. The minimum absolute atomic E-state index is 0.0964. The number of pyridine rings is 1. The van der Waals surface area contributed by atoms with Crippen molar-refractivity contribution in [1.29, 1.82) is 0 Å². The van der Waals surface area contributed by atoms with Crippen LogP contribution in [-0.2, 0) is 6.54 Å². The van der Waals surface area contributed by atoms with E-state index < -0.39 is 5.82 Å². The Morgan fingerprint density at radius 3 is 2.86 bits per heavy atom. The highest BCUT2D eigenvalue weighted by molar-refractivity contribution is 6.31. The third kappa shape index (κ3) is 3.06. The Labute approximate surface area is 126 Å². The molecule has 0 fully saturated rings. The van der Waals surface area contributed by atoms with Crippen LogP contribution < -0.4 is 5.32 Å². The van der Waals surface area contributed by atoms with Gasteiger partial charge in [0.1, 0.15) is 11.6 Å². The van der Waals surface area contributed by atoms with Crippen molar-refractivity contribution in [3.05, 3.63) is 65.1 Å². The average molecular weight is 303 g/mol. The van der Waals surface area contributed by atoms with E-state index in [1.165, 1.54) is 12.1 Å². The quantitative estimate of drug-likeness (QED) is 0.756. The number of hydrogen-bond acceptors (Lipinski definition) is 3. The van der Waals surface area contributed by atoms with E-state index in [0.717, 1.165) is 22.7 Å². The number of halogens is 2. The second-order valence-electron chi connectivity index (χ2n) is 4.70. The normalized spacial score (nSPS) is 10.8. The van der Waals surface area contributed by atoms with Gasteiger partial charge in [0.05, 0.1) is 11.2 Å². The van der Waals surface area contributed by atoms with Crippen LogP contribution in [0.5, 0.6) is 5.75 Å². The molecule has 0 unspecified atom stereocenters. The van der Waals surface area contributed by atoms with Gasteiger partial charge >= 0.3 is 0 Å². The molecule has 0 aliphatic heterocycles. The van der Waals surface area contributed by atoms with Gasteiger partial charge in [-0.15, -0.1) is 0 Å². The van der Waals surface area contributed by atoms with Crippen LogP contribution in [0.2, 0.25) is 5.02 Å². The smallest absolute Gasteiger partial charge is 0.127 e. The van der Waals surface area contributed by atoms with Gasteiger partial charge in [0.2, 0.25) is 0 Å². The van der Waals surface area contributed by atoms with E-state index in [1.807, 2.05) is 18.2 Å². The van der Waals surface area contributed by atoms with Gasteiger partial charge in [-0.25, -0.2) is 4.39 Å². The van der Waals surface area contributed by atoms with E-state index in [4.69, 9.17) is 11.6 Å². The Hall–Kier alpha value is -2.33. The highest BCUT2D eigenvalue weighted by Gasteiger charge is 2.05. The number of phenols is 1. The van der Waals surface area contributed by atoms with Crippen LogP contribution in [0.25, 0.3) is 10.9 Å². The summed E-state index contributed by atoms with van der Waals surface area (Å²) in [5, 5.41) is 14.1. The third-order valence-corrected chi connectivity index (χ3v) is 3.31. The van der Waals surface area contributed by atoms with Gasteiger partial charge in [0.25, 0.3) is 0 Å². The number of fused-ring (bicyclic) bond motifs is 1. The van der Waals surface area contributed by atoms with E-state index in [2.05, 4.69) is 10.3 Å². The maximum Gasteiger partial charge on any atom is 0.127 e. The Kier molecular flexibility index (Phi) is 3.62. The molecule has 2 N–H and O–H groups in total. The molecule has 0 saturated heterocycles. The van der Waals surface area contributed by atoms with Crippen molar-refractivity contribution in [2.45, 2.75) is 6.54 Å². The molecule has 0 spiro atoms. The second kappa shape index (κ2) is 5.58. The Balaban J connectivity index is 1.91. The lowest BCUT2D eigenvalue weighted by Gasteiger charge is -2.10. The highest BCUT2D eigenvalue weighted by atomic mass is 35.5. The minimum atomic E-state index is -0.471. The molecule has 3 rings (SSSR count). The van der Waals surface area contributed by atoms with Crippen molar-refractivity contribution in [3.8, 4) is 5.75 Å². The molecule has 0 aliphatic carbocycles. The van der Waals surface area contributed by atoms with Crippen molar-refractivity contribution in [2.24, 2.45) is 0 Å². The zero-order chi connectivity index (χ0) is 14.8. The van der Waals surface area contributed by atoms with Crippen LogP contribution in [0.1, 0.15) is 5.56 Å². The Bertz CT molecular complexity index is 787. The first kappa shape index (κ1) is 13.6. The molecular formula is C16H12ClFN2O. The van der Waals surface area contributed by atoms with Gasteiger partial charge < -0.3 is 10.4 Å². The van der Waals surface area contributed by atoms with Crippen molar-refractivity contribution >= 4 is 28.2 Å². The predicted octanol–water partition coefficient (Wildman–Crippen LogP) is 4.35. The molecule has 0 aliphatic rings. The van der Waals surface area contributed by atoms with Gasteiger partial charge in [0.15, 0.2) is 0 Å². The lowest BCUT2D eigenvalue weighted by molar-refractivity contribution is 0.468. The SMILES string of the molecule is Oc1cc(F)cc(CNc2cc(Cl)cc3cccnc23)c1. The first-order valence-electron chi connectivity index (χ1n) is 6.38. The number of hydrogen-bond donors (Lipinski definition) is 2. The first-order chi connectivity index (χ1) is 10.1. The van der Waals surface area contributed by atoms with Gasteiger partial charge in [-0.1, -0.05) is 17.7 Å². The van der Waals surface area contributed by atoms with E-state index in [0.29, 0.717) is 17.1 Å². The molecule has 0 bridgehead atoms. The fraction of sp³-hybridized carbons (Fsp3) is 0.0625. The number of nitrogens with zero attached hydrogens (tertiary/aromatic N) is 1. The first-order valence-corrected chi connectivity index (χ1v) is 6.76. The molecule has 0 amide bonds. The number of aromatic hydroxyl groups is 1. The summed E-state index contributed by atoms with van der Waals surface area (Å²) in [4.78, 5) is 4.33. The molecule has 0 saturated carbocycles. The summed E-state index contributed by atoms with van der Waals surface area (Å²) < 4.78 is 13.2. The van der Waals surface area contributed by atoms with E-state index in [9.17, 15) is 9.50 Å². The van der Waals surface area contributed by atoms with Crippen LogP contribution in [0.3, 0.4) is 0 Å². The summed E-state index contributed by atoms with van der Waals surface area (Å²) >= 11 is 6.09. The molecule has 2 aromatic carbocycles. The summed E-state index contributed by atoms with van der Waals surface area (Å²) in [5.41, 5.74) is 2.20. The van der Waals surface area contributed by atoms with Crippen LogP contribution in [0.4, 0.5) is 10.1 Å². The zero-order valence-corrected chi connectivity index (χ0v) is 11.7. The van der Waals surface area contributed by atoms with Gasteiger partial charge in [-0.3, -0.25) is 4.98 Å². The van der Waals surface area contributed by atoms with Crippen LogP contribution in [0.15, 0.2) is 48.7 Å². The maximum absolute atomic E-state index is 13.2. The summed E-state index contributed by atoms with van der Waals surface area (Å²) in [5.74, 6) is -0.568. The number of benzene rings is 2. The Morgan fingerprint density at radius 2 is 2.05 bits per heavy atom. The monoisotopic (exact) mass is 302 g/mol. The molecule has 21 heavy (non-hydrogen) atoms. The fourth-order valence-electron chi connectivity index (χ4n) is 2.22. The summed E-state index contributed by atoms with van der Waals surface area (Å²) in [6.45, 7) is 0.358. The van der Waals surface area contributed by atoms with E-state index in [1.54, 1.807) is 12.3 Å². The van der Waals surface area contributed by atoms with Crippen molar-refractivity contribution in [3.63, 3.8) is 0 Å². The molecule has 3 nitrogen and oxygen atoms in total. The summed E-state index contributed by atoms with van der Waals surface area (Å²) in [7, 11) is 0. The number of aromatic nitrogens is 1. The topological polar surface area (TPSA) is 45.1 Å². The number of phenolic OH excluding ortho intramolecular Hbond substituents is 1. The fourth-order valence-corrected chi connectivity index (χ4v) is 2.45. The van der Waals surface area contributed by atoms with Gasteiger partial charge in [-0.2, -0.15) is 0 Å². The number of anilines is 1. The van der Waals surface area contributed by atoms with Gasteiger partial charge in [-0.05, 0) is 35.9 Å². The van der Waals surface area contributed by atoms with Crippen LogP contribution >= 0.6 is 11.6 Å². The minimum Gasteiger partial charge on any atom is -0.508 e. The lowest BCUT2D eigenvalue weighted by Crippen LogP contribution is -2.01. The third-order valence-electron chi connectivity index (χ3n) is 3.09. The van der Waals surface area contributed by atoms with E-state index in [-0.39, 0.29) is 5.75 Å². The van der Waals surface area contributed by atoms with Crippen molar-refractivity contribution < 1.29 is 9.50 Å². The zero-order valence-electron chi connectivity index (χ0n) is 11.0. The molecule has 106 valence electrons. The van der Waals surface area contributed by atoms with Crippen LogP contribution in [-0.4, -0.2) is 10.1 Å². The molecule has 0 radical (unpaired) electrons. The molecule has 0 atom stereocenters. The number of rotatable bonds is 3. The molecule has 3 aromatic rings. The largest absolute Gasteiger partial charge is 0.508 e. The van der Waals surface area contributed by atoms with Crippen LogP contribution in [0, 0.1) is 5.82 Å². The Morgan fingerprint density at radius 1 is 1.19 bits per heavy atom. The van der Waals surface area contributed by atoms with Gasteiger partial charge in [0, 0.05) is 29.2 Å². The lowest BCUT2D eigenvalue weighted by atomic mass is 10.1. The predicted molar refractivity (Wildman–Crippen MR) is 82.1 cm³/mol. The number of nitrogens with one attached hydrogen (secondary N) is 1. The average Bonchev–Trinajstić information content (AvgIpc) is 2.43. The molecule has 1 heterocycles. The maximum atomic E-state index is 13.2. The van der Waals surface area contributed by atoms with Crippen molar-refractivity contribution in [2.75, 3.05) is 5.32 Å². The summed E-state index contributed by atoms with van der Waals surface area (Å²) in [6, 6.07) is 11.3. The standard InChI is InChI=1S/C16H12ClFN2O/c17-12-6-11-2-1-3-19-16(11)15(7-12)20-9-10-4-13(18)8-14(21)5-10/h1-8,20-21H,9H2. The second-order valence-corrected chi connectivity index (χ2v) is 5.14. The molecule has 1 aromatic heterocycles. The molecular weight excluding hydrogens is 291 g/mol. The summed E-state index contributed by atoms with van der Waals surface area (Å²) in [6.07, 6.45) is 1.70. The van der Waals surface area contributed by atoms with E-state index >= 15 is 0 Å². The van der Waals surface area contributed by atoms with Crippen molar-refractivity contribution in [1.82, 2.24) is 4.98 Å².